The first kappa shape index (κ1) is 15.4. The SMILES string of the molecule is CCOc1cccc2c1nc(C(C)Cl)n2CCNC(N)=O. The van der Waals surface area contributed by atoms with E-state index in [9.17, 15) is 4.79 Å². The summed E-state index contributed by atoms with van der Waals surface area (Å²) < 4.78 is 7.58. The van der Waals surface area contributed by atoms with Crippen LogP contribution in [0.4, 0.5) is 4.79 Å². The van der Waals surface area contributed by atoms with E-state index in [0.29, 0.717) is 19.7 Å². The number of ether oxygens (including phenoxy) is 1. The molecule has 1 unspecified atom stereocenters. The number of aromatic nitrogens is 2. The Kier molecular flexibility index (Phi) is 4.90. The maximum atomic E-state index is 10.8. The Hall–Kier alpha value is -1.95. The highest BCUT2D eigenvalue weighted by atomic mass is 35.5. The van der Waals surface area contributed by atoms with Crippen LogP contribution in [0.15, 0.2) is 18.2 Å². The normalized spacial score (nSPS) is 12.3. The molecule has 0 spiro atoms. The van der Waals surface area contributed by atoms with Crippen molar-refractivity contribution in [2.75, 3.05) is 13.2 Å². The van der Waals surface area contributed by atoms with Crippen molar-refractivity contribution in [3.63, 3.8) is 0 Å². The van der Waals surface area contributed by atoms with Crippen LogP contribution >= 0.6 is 11.6 Å². The number of carbonyl (C=O) groups is 1. The Morgan fingerprint density at radius 3 is 2.95 bits per heavy atom. The van der Waals surface area contributed by atoms with Crippen molar-refractivity contribution in [2.45, 2.75) is 25.8 Å². The van der Waals surface area contributed by atoms with Crippen LogP contribution in [-0.4, -0.2) is 28.7 Å². The van der Waals surface area contributed by atoms with Gasteiger partial charge in [0.05, 0.1) is 17.5 Å². The van der Waals surface area contributed by atoms with E-state index in [1.165, 1.54) is 0 Å². The maximum absolute atomic E-state index is 10.8. The molecule has 0 radical (unpaired) electrons. The second-order valence-corrected chi connectivity index (χ2v) is 5.24. The topological polar surface area (TPSA) is 82.2 Å². The Balaban J connectivity index is 2.42. The van der Waals surface area contributed by atoms with Crippen LogP contribution in [-0.2, 0) is 6.54 Å². The molecule has 0 bridgehead atoms. The Morgan fingerprint density at radius 1 is 1.57 bits per heavy atom. The predicted molar refractivity (Wildman–Crippen MR) is 82.8 cm³/mol. The molecule has 0 aliphatic carbocycles. The zero-order chi connectivity index (χ0) is 15.4. The average Bonchev–Trinajstić information content (AvgIpc) is 2.79. The first-order valence-corrected chi connectivity index (χ1v) is 7.27. The van der Waals surface area contributed by atoms with Gasteiger partial charge in [0.2, 0.25) is 0 Å². The van der Waals surface area contributed by atoms with Gasteiger partial charge in [0, 0.05) is 13.1 Å². The second-order valence-electron chi connectivity index (χ2n) is 4.59. The summed E-state index contributed by atoms with van der Waals surface area (Å²) in [4.78, 5) is 15.4. The molecule has 0 aliphatic heterocycles. The molecule has 1 aromatic carbocycles. The molecule has 1 atom stereocenters. The van der Waals surface area contributed by atoms with E-state index >= 15 is 0 Å². The van der Waals surface area contributed by atoms with Gasteiger partial charge >= 0.3 is 6.03 Å². The lowest BCUT2D eigenvalue weighted by Crippen LogP contribution is -2.32. The van der Waals surface area contributed by atoms with Crippen molar-refractivity contribution in [1.29, 1.82) is 0 Å². The molecule has 7 heteroatoms. The third-order valence-electron chi connectivity index (χ3n) is 3.06. The number of fused-ring (bicyclic) bond motifs is 1. The highest BCUT2D eigenvalue weighted by molar-refractivity contribution is 6.20. The van der Waals surface area contributed by atoms with E-state index < -0.39 is 6.03 Å². The van der Waals surface area contributed by atoms with E-state index in [0.717, 1.165) is 22.6 Å². The number of amides is 2. The summed E-state index contributed by atoms with van der Waals surface area (Å²) in [5, 5.41) is 2.32. The van der Waals surface area contributed by atoms with Gasteiger partial charge in [-0.15, -0.1) is 11.6 Å². The largest absolute Gasteiger partial charge is 0.492 e. The number of carbonyl (C=O) groups excluding carboxylic acids is 1. The Bertz CT molecular complexity index is 639. The number of para-hydroxylation sites is 1. The molecule has 6 nitrogen and oxygen atoms in total. The average molecular weight is 311 g/mol. The number of alkyl halides is 1. The predicted octanol–water partition coefficient (Wildman–Crippen LogP) is 2.40. The molecule has 114 valence electrons. The summed E-state index contributed by atoms with van der Waals surface area (Å²) in [7, 11) is 0. The summed E-state index contributed by atoms with van der Waals surface area (Å²) in [5.74, 6) is 1.47. The van der Waals surface area contributed by atoms with E-state index in [2.05, 4.69) is 10.3 Å². The number of hydrogen-bond acceptors (Lipinski definition) is 3. The minimum absolute atomic E-state index is 0.250. The maximum Gasteiger partial charge on any atom is 0.312 e. The number of primary amides is 1. The van der Waals surface area contributed by atoms with Crippen molar-refractivity contribution in [2.24, 2.45) is 5.73 Å². The van der Waals surface area contributed by atoms with Gasteiger partial charge in [-0.05, 0) is 26.0 Å². The lowest BCUT2D eigenvalue weighted by atomic mass is 10.3. The Labute approximate surface area is 128 Å². The van der Waals surface area contributed by atoms with Gasteiger partial charge in [-0.25, -0.2) is 9.78 Å². The number of rotatable bonds is 6. The molecular formula is C14H19ClN4O2. The summed E-state index contributed by atoms with van der Waals surface area (Å²) in [6, 6.07) is 5.20. The number of benzene rings is 1. The van der Waals surface area contributed by atoms with Crippen LogP contribution in [0.1, 0.15) is 25.0 Å². The number of nitrogens with zero attached hydrogens (tertiary/aromatic N) is 2. The van der Waals surface area contributed by atoms with Gasteiger partial charge in [0.25, 0.3) is 0 Å². The number of urea groups is 1. The zero-order valence-corrected chi connectivity index (χ0v) is 12.9. The molecule has 2 amide bonds. The van der Waals surface area contributed by atoms with E-state index in [1.54, 1.807) is 0 Å². The number of nitrogens with one attached hydrogen (secondary N) is 1. The fourth-order valence-electron chi connectivity index (χ4n) is 2.24. The first-order chi connectivity index (χ1) is 10.0. The van der Waals surface area contributed by atoms with Crippen LogP contribution in [0.5, 0.6) is 5.75 Å². The fourth-order valence-corrected chi connectivity index (χ4v) is 2.41. The molecule has 2 aromatic rings. The molecular weight excluding hydrogens is 292 g/mol. The van der Waals surface area contributed by atoms with Crippen molar-refractivity contribution in [3.05, 3.63) is 24.0 Å². The number of imidazole rings is 1. The fraction of sp³-hybridized carbons (Fsp3) is 0.429. The standard InChI is InChI=1S/C14H19ClN4O2/c1-3-21-11-6-4-5-10-12(11)18-13(9(2)15)19(10)8-7-17-14(16)20/h4-6,9H,3,7-8H2,1-2H3,(H3,16,17,20). The molecule has 2 rings (SSSR count). The van der Waals surface area contributed by atoms with E-state index in [4.69, 9.17) is 22.1 Å². The smallest absolute Gasteiger partial charge is 0.312 e. The lowest BCUT2D eigenvalue weighted by Gasteiger charge is -2.10. The quantitative estimate of drug-likeness (QED) is 0.804. The molecule has 1 heterocycles. The van der Waals surface area contributed by atoms with Crippen LogP contribution in [0.25, 0.3) is 11.0 Å². The van der Waals surface area contributed by atoms with Crippen LogP contribution in [0.2, 0.25) is 0 Å². The number of nitrogens with two attached hydrogens (primary N) is 1. The highest BCUT2D eigenvalue weighted by Gasteiger charge is 2.17. The van der Waals surface area contributed by atoms with Gasteiger partial charge in [-0.3, -0.25) is 0 Å². The van der Waals surface area contributed by atoms with Gasteiger partial charge in [-0.2, -0.15) is 0 Å². The van der Waals surface area contributed by atoms with Crippen LogP contribution in [0, 0.1) is 0 Å². The molecule has 21 heavy (non-hydrogen) atoms. The van der Waals surface area contributed by atoms with Crippen LogP contribution in [0.3, 0.4) is 0 Å². The Morgan fingerprint density at radius 2 is 2.33 bits per heavy atom. The van der Waals surface area contributed by atoms with E-state index in [1.807, 2.05) is 36.6 Å². The highest BCUT2D eigenvalue weighted by Crippen LogP contribution is 2.30. The monoisotopic (exact) mass is 310 g/mol. The molecule has 3 N–H and O–H groups in total. The van der Waals surface area contributed by atoms with Crippen molar-refractivity contribution in [1.82, 2.24) is 14.9 Å². The number of hydrogen-bond donors (Lipinski definition) is 2. The summed E-state index contributed by atoms with van der Waals surface area (Å²) >= 11 is 6.21. The molecule has 0 fully saturated rings. The van der Waals surface area contributed by atoms with Gasteiger partial charge < -0.3 is 20.4 Å². The summed E-state index contributed by atoms with van der Waals surface area (Å²) in [6.45, 7) is 5.32. The van der Waals surface area contributed by atoms with Gasteiger partial charge in [0.15, 0.2) is 0 Å². The molecule has 1 aromatic heterocycles. The second kappa shape index (κ2) is 6.67. The van der Waals surface area contributed by atoms with Gasteiger partial charge in [0.1, 0.15) is 17.1 Å². The lowest BCUT2D eigenvalue weighted by molar-refractivity contribution is 0.248. The summed E-state index contributed by atoms with van der Waals surface area (Å²) in [6.07, 6.45) is 0. The summed E-state index contributed by atoms with van der Waals surface area (Å²) in [5.41, 5.74) is 6.79. The van der Waals surface area contributed by atoms with Crippen molar-refractivity contribution < 1.29 is 9.53 Å². The third kappa shape index (κ3) is 3.39. The van der Waals surface area contributed by atoms with Gasteiger partial charge in [-0.1, -0.05) is 6.07 Å². The minimum Gasteiger partial charge on any atom is -0.492 e. The number of halogens is 1. The first-order valence-electron chi connectivity index (χ1n) is 6.84. The van der Waals surface area contributed by atoms with Crippen LogP contribution < -0.4 is 15.8 Å². The van der Waals surface area contributed by atoms with E-state index in [-0.39, 0.29) is 5.38 Å². The molecule has 0 aliphatic rings. The minimum atomic E-state index is -0.546. The molecule has 0 saturated carbocycles. The third-order valence-corrected chi connectivity index (χ3v) is 3.26. The van der Waals surface area contributed by atoms with Crippen molar-refractivity contribution >= 4 is 28.7 Å². The zero-order valence-electron chi connectivity index (χ0n) is 12.1. The van der Waals surface area contributed by atoms with Crippen molar-refractivity contribution in [3.8, 4) is 5.75 Å². The molecule has 0 saturated heterocycles.